The monoisotopic (exact) mass is 365 g/mol. The number of aromatic nitrogens is 2. The molecule has 5 heteroatoms. The predicted octanol–water partition coefficient (Wildman–Crippen LogP) is 4.48. The molecule has 1 aromatic carbocycles. The first-order valence-electron chi connectivity index (χ1n) is 9.58. The summed E-state index contributed by atoms with van der Waals surface area (Å²) in [5.74, 6) is 0.624. The van der Waals surface area contributed by atoms with Crippen molar-refractivity contribution in [1.82, 2.24) is 14.3 Å². The van der Waals surface area contributed by atoms with E-state index < -0.39 is 0 Å². The lowest BCUT2D eigenvalue weighted by molar-refractivity contribution is 0.0757. The number of hydrogen-bond donors (Lipinski definition) is 0. The van der Waals surface area contributed by atoms with Gasteiger partial charge in [0.1, 0.15) is 18.0 Å². The van der Waals surface area contributed by atoms with Crippen molar-refractivity contribution in [3.63, 3.8) is 0 Å². The van der Waals surface area contributed by atoms with E-state index in [0.717, 1.165) is 36.3 Å². The number of pyridine rings is 1. The van der Waals surface area contributed by atoms with Gasteiger partial charge in [0.05, 0.1) is 11.3 Å². The van der Waals surface area contributed by atoms with Gasteiger partial charge in [0.2, 0.25) is 0 Å². The molecule has 0 saturated carbocycles. The van der Waals surface area contributed by atoms with Crippen molar-refractivity contribution in [2.45, 2.75) is 40.2 Å². The minimum absolute atomic E-state index is 0.0207. The first-order chi connectivity index (χ1) is 13.1. The van der Waals surface area contributed by atoms with Gasteiger partial charge < -0.3 is 14.0 Å². The number of carbonyl (C=O) groups is 1. The maximum absolute atomic E-state index is 12.9. The Morgan fingerprint density at radius 2 is 2.00 bits per heavy atom. The number of fused-ring (bicyclic) bond motifs is 1. The predicted molar refractivity (Wildman–Crippen MR) is 107 cm³/mol. The quantitative estimate of drug-likeness (QED) is 0.591. The maximum Gasteiger partial charge on any atom is 0.257 e. The SMILES string of the molecule is CCCCN(CC)C(=O)c1ccccc1OCc1cn2cccc(C)c2n1. The zero-order chi connectivity index (χ0) is 19.2. The summed E-state index contributed by atoms with van der Waals surface area (Å²) in [5, 5.41) is 0. The van der Waals surface area contributed by atoms with Gasteiger partial charge in [0.15, 0.2) is 0 Å². The van der Waals surface area contributed by atoms with Gasteiger partial charge in [-0.3, -0.25) is 4.79 Å². The van der Waals surface area contributed by atoms with Gasteiger partial charge in [0.25, 0.3) is 5.91 Å². The largest absolute Gasteiger partial charge is 0.486 e. The van der Waals surface area contributed by atoms with Crippen molar-refractivity contribution >= 4 is 11.6 Å². The first kappa shape index (κ1) is 19.0. The Hall–Kier alpha value is -2.82. The fourth-order valence-electron chi connectivity index (χ4n) is 3.12. The van der Waals surface area contributed by atoms with Crippen molar-refractivity contribution < 1.29 is 9.53 Å². The number of imidazole rings is 1. The third-order valence-electron chi connectivity index (χ3n) is 4.67. The molecule has 0 bridgehead atoms. The molecule has 0 N–H and O–H groups in total. The highest BCUT2D eigenvalue weighted by Crippen LogP contribution is 2.22. The van der Waals surface area contributed by atoms with Gasteiger partial charge >= 0.3 is 0 Å². The van der Waals surface area contributed by atoms with Crippen LogP contribution in [0.4, 0.5) is 0 Å². The van der Waals surface area contributed by atoms with Crippen LogP contribution < -0.4 is 4.74 Å². The molecule has 0 fully saturated rings. The molecule has 142 valence electrons. The van der Waals surface area contributed by atoms with E-state index in [1.807, 2.05) is 71.9 Å². The zero-order valence-corrected chi connectivity index (χ0v) is 16.3. The van der Waals surface area contributed by atoms with Crippen LogP contribution in [0.5, 0.6) is 5.75 Å². The van der Waals surface area contributed by atoms with Crippen LogP contribution in [0.15, 0.2) is 48.8 Å². The van der Waals surface area contributed by atoms with Crippen molar-refractivity contribution in [2.75, 3.05) is 13.1 Å². The fourth-order valence-corrected chi connectivity index (χ4v) is 3.12. The highest BCUT2D eigenvalue weighted by molar-refractivity contribution is 5.96. The Kier molecular flexibility index (Phi) is 6.12. The second kappa shape index (κ2) is 8.71. The number of carbonyl (C=O) groups excluding carboxylic acids is 1. The molecule has 5 nitrogen and oxygen atoms in total. The number of hydrogen-bond acceptors (Lipinski definition) is 3. The number of aryl methyl sites for hydroxylation is 1. The normalized spacial score (nSPS) is 10.9. The van der Waals surface area contributed by atoms with Gasteiger partial charge in [-0.2, -0.15) is 0 Å². The topological polar surface area (TPSA) is 46.8 Å². The molecule has 0 aliphatic rings. The Bertz CT molecular complexity index is 917. The minimum Gasteiger partial charge on any atom is -0.486 e. The van der Waals surface area contributed by atoms with Crippen molar-refractivity contribution in [1.29, 1.82) is 0 Å². The van der Waals surface area contributed by atoms with Gasteiger partial charge in [-0.1, -0.05) is 31.5 Å². The average molecular weight is 365 g/mol. The van der Waals surface area contributed by atoms with Crippen LogP contribution in [0.2, 0.25) is 0 Å². The minimum atomic E-state index is 0.0207. The van der Waals surface area contributed by atoms with Crippen molar-refractivity contribution in [3.8, 4) is 5.75 Å². The molecule has 0 saturated heterocycles. The number of unbranched alkanes of at least 4 members (excludes halogenated alkanes) is 1. The van der Waals surface area contributed by atoms with Crippen LogP contribution in [-0.2, 0) is 6.61 Å². The van der Waals surface area contributed by atoms with E-state index in [2.05, 4.69) is 11.9 Å². The van der Waals surface area contributed by atoms with E-state index in [4.69, 9.17) is 4.74 Å². The highest BCUT2D eigenvalue weighted by Gasteiger charge is 2.18. The standard InChI is InChI=1S/C22H27N3O2/c1-4-6-13-24(5-2)22(26)19-11-7-8-12-20(19)27-16-18-15-25-14-9-10-17(3)21(25)23-18/h7-12,14-15H,4-6,13,16H2,1-3H3. The third-order valence-corrected chi connectivity index (χ3v) is 4.67. The summed E-state index contributed by atoms with van der Waals surface area (Å²) in [5.41, 5.74) is 3.49. The van der Waals surface area contributed by atoms with Crippen LogP contribution in [-0.4, -0.2) is 33.3 Å². The van der Waals surface area contributed by atoms with E-state index in [0.29, 0.717) is 24.5 Å². The summed E-state index contributed by atoms with van der Waals surface area (Å²) >= 11 is 0. The lowest BCUT2D eigenvalue weighted by Crippen LogP contribution is -2.32. The molecule has 1 amide bonds. The summed E-state index contributed by atoms with van der Waals surface area (Å²) in [6.07, 6.45) is 6.01. The Morgan fingerprint density at radius 1 is 1.19 bits per heavy atom. The number of benzene rings is 1. The molecular formula is C22H27N3O2. The molecule has 2 aromatic heterocycles. The molecule has 3 aromatic rings. The van der Waals surface area contributed by atoms with Crippen LogP contribution in [0, 0.1) is 6.92 Å². The summed E-state index contributed by atoms with van der Waals surface area (Å²) in [6, 6.07) is 11.5. The summed E-state index contributed by atoms with van der Waals surface area (Å²) < 4.78 is 7.98. The fraction of sp³-hybridized carbons (Fsp3) is 0.364. The van der Waals surface area contributed by atoms with Crippen molar-refractivity contribution in [3.05, 3.63) is 65.6 Å². The highest BCUT2D eigenvalue weighted by atomic mass is 16.5. The molecule has 27 heavy (non-hydrogen) atoms. The Balaban J connectivity index is 1.77. The van der Waals surface area contributed by atoms with Crippen LogP contribution in [0.25, 0.3) is 5.65 Å². The summed E-state index contributed by atoms with van der Waals surface area (Å²) in [7, 11) is 0. The molecule has 0 atom stereocenters. The zero-order valence-electron chi connectivity index (χ0n) is 16.3. The molecule has 3 rings (SSSR count). The molecule has 0 aliphatic carbocycles. The molecule has 2 heterocycles. The lowest BCUT2D eigenvalue weighted by Gasteiger charge is -2.22. The molecule has 0 spiro atoms. The number of nitrogens with zero attached hydrogens (tertiary/aromatic N) is 3. The second-order valence-corrected chi connectivity index (χ2v) is 6.68. The Labute approximate surface area is 160 Å². The average Bonchev–Trinajstić information content (AvgIpc) is 3.11. The molecule has 0 aliphatic heterocycles. The smallest absolute Gasteiger partial charge is 0.257 e. The lowest BCUT2D eigenvalue weighted by atomic mass is 10.1. The van der Waals surface area contributed by atoms with Gasteiger partial charge in [-0.25, -0.2) is 4.98 Å². The third kappa shape index (κ3) is 4.30. The summed E-state index contributed by atoms with van der Waals surface area (Å²) in [6.45, 7) is 7.97. The van der Waals surface area contributed by atoms with E-state index >= 15 is 0 Å². The van der Waals surface area contributed by atoms with Crippen LogP contribution in [0.1, 0.15) is 48.3 Å². The molecular weight excluding hydrogens is 338 g/mol. The number of para-hydroxylation sites is 1. The van der Waals surface area contributed by atoms with E-state index in [9.17, 15) is 4.79 Å². The first-order valence-corrected chi connectivity index (χ1v) is 9.58. The van der Waals surface area contributed by atoms with Gasteiger partial charge in [-0.15, -0.1) is 0 Å². The summed E-state index contributed by atoms with van der Waals surface area (Å²) in [4.78, 5) is 19.4. The molecule has 0 radical (unpaired) electrons. The van der Waals surface area contributed by atoms with Crippen LogP contribution in [0.3, 0.4) is 0 Å². The number of amides is 1. The number of rotatable bonds is 8. The van der Waals surface area contributed by atoms with E-state index in [1.54, 1.807) is 0 Å². The van der Waals surface area contributed by atoms with E-state index in [1.165, 1.54) is 0 Å². The molecule has 0 unspecified atom stereocenters. The van der Waals surface area contributed by atoms with Gasteiger partial charge in [0, 0.05) is 25.5 Å². The van der Waals surface area contributed by atoms with E-state index in [-0.39, 0.29) is 5.91 Å². The Morgan fingerprint density at radius 3 is 2.74 bits per heavy atom. The maximum atomic E-state index is 12.9. The number of ether oxygens (including phenoxy) is 1. The van der Waals surface area contributed by atoms with Crippen LogP contribution >= 0.6 is 0 Å². The van der Waals surface area contributed by atoms with Crippen molar-refractivity contribution in [2.24, 2.45) is 0 Å². The van der Waals surface area contributed by atoms with Gasteiger partial charge in [-0.05, 0) is 44.0 Å². The second-order valence-electron chi connectivity index (χ2n) is 6.68.